The quantitative estimate of drug-likeness (QED) is 0.829. The number of thiophene rings is 1. The molecule has 0 saturated heterocycles. The maximum atomic E-state index is 10.7. The largest absolute Gasteiger partial charge is 0.477 e. The van der Waals surface area contributed by atoms with Crippen molar-refractivity contribution in [1.82, 2.24) is 5.16 Å². The summed E-state index contributed by atoms with van der Waals surface area (Å²) in [6.07, 6.45) is 0. The van der Waals surface area contributed by atoms with Gasteiger partial charge in [-0.1, -0.05) is 30.3 Å². The van der Waals surface area contributed by atoms with Gasteiger partial charge < -0.3 is 9.63 Å². The number of carboxylic acid groups (broad SMARTS) is 1. The summed E-state index contributed by atoms with van der Waals surface area (Å²) in [6.45, 7) is 3.99. The first-order valence-electron chi connectivity index (χ1n) is 4.22. The van der Waals surface area contributed by atoms with E-state index >= 15 is 0 Å². The Hall–Kier alpha value is -1.36. The minimum Gasteiger partial charge on any atom is -0.477 e. The first-order chi connectivity index (χ1) is 6.59. The van der Waals surface area contributed by atoms with E-state index < -0.39 is 5.97 Å². The van der Waals surface area contributed by atoms with Crippen molar-refractivity contribution < 1.29 is 14.4 Å². The van der Waals surface area contributed by atoms with E-state index in [0.717, 1.165) is 22.4 Å². The second kappa shape index (κ2) is 3.09. The number of hydrogen-bond acceptors (Lipinski definition) is 4. The molecule has 0 aliphatic carbocycles. The molecule has 2 heterocycles. The molecule has 2 rings (SSSR count). The Bertz CT molecular complexity index is 483. The molecule has 2 aromatic heterocycles. The van der Waals surface area contributed by atoms with Crippen molar-refractivity contribution in [1.29, 1.82) is 0 Å². The van der Waals surface area contributed by atoms with Crippen LogP contribution in [0.25, 0.3) is 10.3 Å². The smallest absolute Gasteiger partial charge is 0.346 e. The van der Waals surface area contributed by atoms with Crippen LogP contribution in [0.15, 0.2) is 10.6 Å². The predicted octanol–water partition coefficient (Wildman–Crippen LogP) is 2.71. The van der Waals surface area contributed by atoms with Crippen molar-refractivity contribution in [2.75, 3.05) is 0 Å². The molecule has 0 aromatic carbocycles. The molecule has 0 saturated carbocycles. The van der Waals surface area contributed by atoms with Crippen LogP contribution in [0.4, 0.5) is 0 Å². The molecule has 74 valence electrons. The summed E-state index contributed by atoms with van der Waals surface area (Å²) in [5.41, 5.74) is 0.823. The Labute approximate surface area is 84.1 Å². The Morgan fingerprint density at radius 1 is 1.64 bits per heavy atom. The third-order valence-electron chi connectivity index (χ3n) is 1.96. The number of aromatic carboxylic acids is 1. The van der Waals surface area contributed by atoms with Crippen LogP contribution in [-0.2, 0) is 0 Å². The third-order valence-corrected chi connectivity index (χ3v) is 2.95. The molecule has 1 N–H and O–H groups in total. The predicted molar refractivity (Wildman–Crippen MR) is 52.9 cm³/mol. The molecule has 0 bridgehead atoms. The molecule has 0 fully saturated rings. The molecule has 5 heteroatoms. The van der Waals surface area contributed by atoms with Gasteiger partial charge in [0.1, 0.15) is 4.88 Å². The zero-order chi connectivity index (χ0) is 10.3. The molecule has 0 aliphatic heterocycles. The van der Waals surface area contributed by atoms with Crippen LogP contribution in [-0.4, -0.2) is 16.2 Å². The summed E-state index contributed by atoms with van der Waals surface area (Å²) in [5.74, 6) is -0.677. The van der Waals surface area contributed by atoms with E-state index in [1.165, 1.54) is 0 Å². The highest BCUT2D eigenvalue weighted by molar-refractivity contribution is 7.20. The van der Waals surface area contributed by atoms with E-state index in [1.807, 2.05) is 13.8 Å². The Morgan fingerprint density at radius 3 is 2.93 bits per heavy atom. The molecule has 0 unspecified atom stereocenters. The zero-order valence-corrected chi connectivity index (χ0v) is 8.59. The second-order valence-electron chi connectivity index (χ2n) is 3.34. The van der Waals surface area contributed by atoms with Gasteiger partial charge in [0.15, 0.2) is 0 Å². The molecule has 14 heavy (non-hydrogen) atoms. The highest BCUT2D eigenvalue weighted by Crippen LogP contribution is 2.31. The monoisotopic (exact) mass is 211 g/mol. The van der Waals surface area contributed by atoms with Crippen LogP contribution in [0, 0.1) is 0 Å². The van der Waals surface area contributed by atoms with Crippen LogP contribution in [0.5, 0.6) is 0 Å². The first-order valence-corrected chi connectivity index (χ1v) is 5.03. The summed E-state index contributed by atoms with van der Waals surface area (Å²) in [6, 6.07) is 1.62. The lowest BCUT2D eigenvalue weighted by atomic mass is 10.1. The number of rotatable bonds is 2. The third kappa shape index (κ3) is 1.29. The lowest BCUT2D eigenvalue weighted by Crippen LogP contribution is -1.91. The number of carbonyl (C=O) groups is 1. The summed E-state index contributed by atoms with van der Waals surface area (Å²) in [5, 5.41) is 13.5. The molecule has 4 nitrogen and oxygen atoms in total. The summed E-state index contributed by atoms with van der Waals surface area (Å²) < 4.78 is 5.05. The topological polar surface area (TPSA) is 63.3 Å². The SMILES string of the molecule is CC(C)c1noc2sc(C(=O)O)cc12. The van der Waals surface area contributed by atoms with Crippen molar-refractivity contribution in [3.63, 3.8) is 0 Å². The van der Waals surface area contributed by atoms with Crippen molar-refractivity contribution in [3.05, 3.63) is 16.6 Å². The van der Waals surface area contributed by atoms with Crippen LogP contribution in [0.2, 0.25) is 0 Å². The van der Waals surface area contributed by atoms with Gasteiger partial charge in [-0.15, -0.1) is 0 Å². The average Bonchev–Trinajstić information content (AvgIpc) is 2.58. The molecular formula is C9H9NO3S. The lowest BCUT2D eigenvalue weighted by molar-refractivity contribution is 0.0702. The van der Waals surface area contributed by atoms with Gasteiger partial charge in [-0.25, -0.2) is 4.79 Å². The average molecular weight is 211 g/mol. The summed E-state index contributed by atoms with van der Waals surface area (Å²) in [4.78, 5) is 11.6. The molecule has 0 amide bonds. The number of fused-ring (bicyclic) bond motifs is 1. The number of carboxylic acids is 1. The van der Waals surface area contributed by atoms with E-state index in [9.17, 15) is 4.79 Å². The molecule has 0 spiro atoms. The van der Waals surface area contributed by atoms with Crippen LogP contribution in [0.3, 0.4) is 0 Å². The molecular weight excluding hydrogens is 202 g/mol. The fourth-order valence-electron chi connectivity index (χ4n) is 1.28. The highest BCUT2D eigenvalue weighted by atomic mass is 32.1. The highest BCUT2D eigenvalue weighted by Gasteiger charge is 2.17. The Kier molecular flexibility index (Phi) is 2.03. The van der Waals surface area contributed by atoms with Gasteiger partial charge in [-0.3, -0.25) is 0 Å². The number of hydrogen-bond donors (Lipinski definition) is 1. The Morgan fingerprint density at radius 2 is 2.36 bits per heavy atom. The lowest BCUT2D eigenvalue weighted by Gasteiger charge is -1.95. The van der Waals surface area contributed by atoms with Crippen LogP contribution >= 0.6 is 11.3 Å². The summed E-state index contributed by atoms with van der Waals surface area (Å²) in [7, 11) is 0. The van der Waals surface area contributed by atoms with E-state index in [1.54, 1.807) is 6.07 Å². The van der Waals surface area contributed by atoms with Gasteiger partial charge in [0.05, 0.1) is 11.1 Å². The summed E-state index contributed by atoms with van der Waals surface area (Å²) >= 11 is 1.11. The maximum Gasteiger partial charge on any atom is 0.346 e. The van der Waals surface area contributed by atoms with Gasteiger partial charge >= 0.3 is 5.97 Å². The Balaban J connectivity index is 2.61. The first kappa shape index (κ1) is 9.21. The molecule has 0 atom stereocenters. The van der Waals surface area contributed by atoms with Crippen molar-refractivity contribution >= 4 is 27.6 Å². The van der Waals surface area contributed by atoms with Gasteiger partial charge in [-0.05, 0) is 12.0 Å². The van der Waals surface area contributed by atoms with Gasteiger partial charge in [-0.2, -0.15) is 0 Å². The number of aromatic nitrogens is 1. The molecule has 2 aromatic rings. The molecule has 0 aliphatic rings. The fourth-order valence-corrected chi connectivity index (χ4v) is 2.09. The van der Waals surface area contributed by atoms with E-state index in [0.29, 0.717) is 9.77 Å². The normalized spacial score (nSPS) is 11.4. The fraction of sp³-hybridized carbons (Fsp3) is 0.333. The molecule has 0 radical (unpaired) electrons. The van der Waals surface area contributed by atoms with Crippen LogP contribution in [0.1, 0.15) is 35.1 Å². The second-order valence-corrected chi connectivity index (χ2v) is 4.35. The van der Waals surface area contributed by atoms with Gasteiger partial charge in [0, 0.05) is 0 Å². The van der Waals surface area contributed by atoms with Crippen molar-refractivity contribution in [2.24, 2.45) is 0 Å². The number of nitrogens with zero attached hydrogens (tertiary/aromatic N) is 1. The zero-order valence-electron chi connectivity index (χ0n) is 7.77. The van der Waals surface area contributed by atoms with Crippen molar-refractivity contribution in [3.8, 4) is 0 Å². The van der Waals surface area contributed by atoms with E-state index in [4.69, 9.17) is 9.63 Å². The standard InChI is InChI=1S/C9H9NO3S/c1-4(2)7-5-3-6(8(11)12)14-9(5)13-10-7/h3-4H,1-2H3,(H,11,12). The van der Waals surface area contributed by atoms with E-state index in [-0.39, 0.29) is 5.92 Å². The van der Waals surface area contributed by atoms with Gasteiger partial charge in [0.2, 0.25) is 4.90 Å². The van der Waals surface area contributed by atoms with Gasteiger partial charge in [0.25, 0.3) is 0 Å². The van der Waals surface area contributed by atoms with Crippen molar-refractivity contribution in [2.45, 2.75) is 19.8 Å². The van der Waals surface area contributed by atoms with Crippen LogP contribution < -0.4 is 0 Å². The maximum absolute atomic E-state index is 10.7. The van der Waals surface area contributed by atoms with E-state index in [2.05, 4.69) is 5.16 Å². The minimum atomic E-state index is -0.920. The minimum absolute atomic E-state index is 0.243.